The van der Waals surface area contributed by atoms with Gasteiger partial charge in [0.25, 0.3) is 0 Å². The minimum absolute atomic E-state index is 0.00167. The van der Waals surface area contributed by atoms with Crippen LogP contribution in [0.2, 0.25) is 0 Å². The fraction of sp³-hybridized carbons (Fsp3) is 0.471. The van der Waals surface area contributed by atoms with Crippen LogP contribution in [0.15, 0.2) is 43.0 Å². The summed E-state index contributed by atoms with van der Waals surface area (Å²) in [5.74, 6) is 0.153. The van der Waals surface area contributed by atoms with Crippen molar-refractivity contribution < 1.29 is 4.79 Å². The van der Waals surface area contributed by atoms with Crippen LogP contribution in [0.25, 0.3) is 0 Å². The molecule has 1 saturated carbocycles. The second-order valence-electron chi connectivity index (χ2n) is 5.31. The van der Waals surface area contributed by atoms with Crippen molar-refractivity contribution in [2.45, 2.75) is 51.1 Å². The van der Waals surface area contributed by atoms with Crippen molar-refractivity contribution >= 4 is 5.91 Å². The molecule has 102 valence electrons. The minimum Gasteiger partial charge on any atom is -0.329 e. The average molecular weight is 257 g/mol. The summed E-state index contributed by atoms with van der Waals surface area (Å²) in [5, 5.41) is 0. The van der Waals surface area contributed by atoms with Gasteiger partial charge in [-0.2, -0.15) is 0 Å². The van der Waals surface area contributed by atoms with Gasteiger partial charge in [0.1, 0.15) is 0 Å². The lowest BCUT2D eigenvalue weighted by molar-refractivity contribution is -0.133. The molecule has 2 heteroatoms. The summed E-state index contributed by atoms with van der Waals surface area (Å²) in [6, 6.07) is 10.6. The normalized spacial score (nSPS) is 17.7. The summed E-state index contributed by atoms with van der Waals surface area (Å²) < 4.78 is 0. The largest absolute Gasteiger partial charge is 0.329 e. The second kappa shape index (κ2) is 6.55. The van der Waals surface area contributed by atoms with Crippen molar-refractivity contribution in [3.8, 4) is 0 Å². The molecule has 0 aliphatic heterocycles. The number of hydrogen-bond donors (Lipinski definition) is 0. The molecule has 0 N–H and O–H groups in total. The number of benzene rings is 1. The first-order valence-corrected chi connectivity index (χ1v) is 7.20. The third kappa shape index (κ3) is 3.25. The highest BCUT2D eigenvalue weighted by Gasteiger charge is 2.28. The molecular formula is C17H23NO. The maximum atomic E-state index is 12.1. The molecule has 1 aromatic carbocycles. The van der Waals surface area contributed by atoms with Crippen LogP contribution < -0.4 is 0 Å². The highest BCUT2D eigenvalue weighted by atomic mass is 16.2. The van der Waals surface area contributed by atoms with Gasteiger partial charge in [0.2, 0.25) is 5.91 Å². The highest BCUT2D eigenvalue weighted by molar-refractivity contribution is 5.74. The van der Waals surface area contributed by atoms with Crippen LogP contribution in [0.3, 0.4) is 0 Å². The van der Waals surface area contributed by atoms with E-state index in [0.29, 0.717) is 6.04 Å². The van der Waals surface area contributed by atoms with E-state index in [4.69, 9.17) is 0 Å². The predicted octanol–water partition coefficient (Wildman–Crippen LogP) is 4.09. The molecule has 19 heavy (non-hydrogen) atoms. The Labute approximate surface area is 116 Å². The van der Waals surface area contributed by atoms with Crippen molar-refractivity contribution in [2.24, 2.45) is 0 Å². The van der Waals surface area contributed by atoms with Gasteiger partial charge in [-0.3, -0.25) is 4.79 Å². The molecule has 1 amide bonds. The van der Waals surface area contributed by atoms with Gasteiger partial charge in [-0.05, 0) is 18.4 Å². The van der Waals surface area contributed by atoms with E-state index in [1.54, 1.807) is 6.92 Å². The first-order chi connectivity index (χ1) is 9.24. The van der Waals surface area contributed by atoms with Crippen molar-refractivity contribution in [1.29, 1.82) is 0 Å². The van der Waals surface area contributed by atoms with Gasteiger partial charge in [-0.1, -0.05) is 55.7 Å². The van der Waals surface area contributed by atoms with E-state index in [1.807, 2.05) is 29.2 Å². The van der Waals surface area contributed by atoms with Crippen LogP contribution in [-0.2, 0) is 4.79 Å². The molecule has 0 radical (unpaired) electrons. The predicted molar refractivity (Wildman–Crippen MR) is 78.8 cm³/mol. The van der Waals surface area contributed by atoms with Crippen LogP contribution in [0.5, 0.6) is 0 Å². The van der Waals surface area contributed by atoms with E-state index in [1.165, 1.54) is 19.3 Å². The lowest BCUT2D eigenvalue weighted by atomic mass is 9.91. The molecule has 1 aliphatic rings. The molecule has 0 heterocycles. The zero-order chi connectivity index (χ0) is 13.7. The third-order valence-corrected chi connectivity index (χ3v) is 4.00. The van der Waals surface area contributed by atoms with E-state index in [9.17, 15) is 4.79 Å². The number of nitrogens with zero attached hydrogens (tertiary/aromatic N) is 1. The van der Waals surface area contributed by atoms with Crippen molar-refractivity contribution in [3.63, 3.8) is 0 Å². The summed E-state index contributed by atoms with van der Waals surface area (Å²) >= 11 is 0. The first kappa shape index (κ1) is 13.9. The summed E-state index contributed by atoms with van der Waals surface area (Å²) in [5.41, 5.74) is 1.15. The van der Waals surface area contributed by atoms with Crippen molar-refractivity contribution in [1.82, 2.24) is 4.90 Å². The van der Waals surface area contributed by atoms with Gasteiger partial charge in [-0.25, -0.2) is 0 Å². The van der Waals surface area contributed by atoms with Gasteiger partial charge in [-0.15, -0.1) is 6.58 Å². The van der Waals surface area contributed by atoms with E-state index in [-0.39, 0.29) is 11.9 Å². The summed E-state index contributed by atoms with van der Waals surface area (Å²) in [6.45, 7) is 5.62. The van der Waals surface area contributed by atoms with Crippen LogP contribution in [0.4, 0.5) is 0 Å². The Morgan fingerprint density at radius 2 is 1.89 bits per heavy atom. The zero-order valence-corrected chi connectivity index (χ0v) is 11.7. The molecule has 1 atom stereocenters. The molecule has 0 saturated heterocycles. The standard InChI is InChI=1S/C17H23NO/c1-3-17(15-10-6-4-7-11-15)18(14(2)19)16-12-8-5-9-13-16/h3-4,6-7,10-11,16-17H,1,5,8-9,12-13H2,2H3. The minimum atomic E-state index is 0.00167. The maximum Gasteiger partial charge on any atom is 0.220 e. The van der Waals surface area contributed by atoms with E-state index in [0.717, 1.165) is 18.4 Å². The fourth-order valence-electron chi connectivity index (χ4n) is 3.10. The molecule has 1 aliphatic carbocycles. The molecule has 0 aromatic heterocycles. The molecule has 1 fully saturated rings. The van der Waals surface area contributed by atoms with Gasteiger partial charge in [0.05, 0.1) is 6.04 Å². The van der Waals surface area contributed by atoms with Gasteiger partial charge < -0.3 is 4.90 Å². The second-order valence-corrected chi connectivity index (χ2v) is 5.31. The first-order valence-electron chi connectivity index (χ1n) is 7.20. The lowest BCUT2D eigenvalue weighted by Gasteiger charge is -2.38. The topological polar surface area (TPSA) is 20.3 Å². The molecular weight excluding hydrogens is 234 g/mol. The Morgan fingerprint density at radius 1 is 1.26 bits per heavy atom. The average Bonchev–Trinajstić information content (AvgIpc) is 2.46. The SMILES string of the molecule is C=CC(c1ccccc1)N(C(C)=O)C1CCCCC1. The van der Waals surface area contributed by atoms with Gasteiger partial charge >= 0.3 is 0 Å². The molecule has 0 bridgehead atoms. The number of amides is 1. The summed E-state index contributed by atoms with van der Waals surface area (Å²) in [7, 11) is 0. The Kier molecular flexibility index (Phi) is 4.78. The van der Waals surface area contributed by atoms with E-state index >= 15 is 0 Å². The number of rotatable bonds is 4. The van der Waals surface area contributed by atoms with E-state index < -0.39 is 0 Å². The Hall–Kier alpha value is -1.57. The fourth-order valence-corrected chi connectivity index (χ4v) is 3.10. The van der Waals surface area contributed by atoms with Crippen LogP contribution in [0.1, 0.15) is 50.6 Å². The number of carbonyl (C=O) groups excluding carboxylic acids is 1. The van der Waals surface area contributed by atoms with Crippen LogP contribution >= 0.6 is 0 Å². The van der Waals surface area contributed by atoms with Crippen molar-refractivity contribution in [3.05, 3.63) is 48.6 Å². The van der Waals surface area contributed by atoms with Crippen LogP contribution in [0, 0.1) is 0 Å². The zero-order valence-electron chi connectivity index (χ0n) is 11.7. The summed E-state index contributed by atoms with van der Waals surface area (Å²) in [4.78, 5) is 14.1. The highest BCUT2D eigenvalue weighted by Crippen LogP contribution is 2.31. The van der Waals surface area contributed by atoms with Crippen molar-refractivity contribution in [2.75, 3.05) is 0 Å². The van der Waals surface area contributed by atoms with Gasteiger partial charge in [0.15, 0.2) is 0 Å². The molecule has 2 rings (SSSR count). The quantitative estimate of drug-likeness (QED) is 0.744. The molecule has 2 nitrogen and oxygen atoms in total. The number of carbonyl (C=O) groups is 1. The monoisotopic (exact) mass is 257 g/mol. The lowest BCUT2D eigenvalue weighted by Crippen LogP contribution is -2.42. The van der Waals surface area contributed by atoms with Gasteiger partial charge in [0, 0.05) is 13.0 Å². The summed E-state index contributed by atoms with van der Waals surface area (Å²) in [6.07, 6.45) is 7.89. The Balaban J connectivity index is 2.25. The maximum absolute atomic E-state index is 12.1. The Morgan fingerprint density at radius 3 is 2.42 bits per heavy atom. The van der Waals surface area contributed by atoms with E-state index in [2.05, 4.69) is 18.7 Å². The Bertz CT molecular complexity index is 420. The molecule has 0 spiro atoms. The smallest absolute Gasteiger partial charge is 0.220 e. The number of hydrogen-bond acceptors (Lipinski definition) is 1. The third-order valence-electron chi connectivity index (χ3n) is 4.00. The van der Waals surface area contributed by atoms with Crippen LogP contribution in [-0.4, -0.2) is 16.8 Å². The molecule has 1 aromatic rings. The molecule has 1 unspecified atom stereocenters.